The molecular formula is C31H59N11O9S. The second kappa shape index (κ2) is 26.7. The maximum Gasteiger partial charge on any atom is 0.326 e. The summed E-state index contributed by atoms with van der Waals surface area (Å²) in [6.07, 6.45) is 2.53. The van der Waals surface area contributed by atoms with E-state index in [1.165, 1.54) is 13.8 Å². The lowest BCUT2D eigenvalue weighted by molar-refractivity contribution is -0.142. The standard InChI is InChI=1S/C31H59N11O9S/c1-17(38-28(47)20(9-3-6-12-32)40-27(46)19(35)16-52)25(44)37-18(2)26(45)39-21(10-4-7-13-33)29(48)42-23(15-24(36)43)30(49)41-22(31(50)51)11-5-8-14-34/h17-23,52H,3-16,32-35H2,1-2H3,(H2,36,43)(H,37,44)(H,38,47)(H,39,45)(H,40,46)(H,41,49)(H,42,48)(H,50,51)/t17-,18-,19-,20-,21-,22-,23-/m0/s1. The van der Waals surface area contributed by atoms with Crippen molar-refractivity contribution < 1.29 is 43.5 Å². The summed E-state index contributed by atoms with van der Waals surface area (Å²) >= 11 is 3.99. The van der Waals surface area contributed by atoms with Crippen LogP contribution in [-0.4, -0.2) is 120 Å². The van der Waals surface area contributed by atoms with Gasteiger partial charge in [-0.3, -0.25) is 33.6 Å². The summed E-state index contributed by atoms with van der Waals surface area (Å²) in [6.45, 7) is 3.69. The Kier molecular flexibility index (Phi) is 24.6. The lowest BCUT2D eigenvalue weighted by Crippen LogP contribution is -2.59. The molecule has 20 nitrogen and oxygen atoms in total. The summed E-state index contributed by atoms with van der Waals surface area (Å²) in [6, 6.07) is -8.49. The minimum absolute atomic E-state index is 0.0454. The van der Waals surface area contributed by atoms with Gasteiger partial charge >= 0.3 is 5.97 Å². The van der Waals surface area contributed by atoms with Gasteiger partial charge in [-0.15, -0.1) is 0 Å². The van der Waals surface area contributed by atoms with Crippen LogP contribution in [0.3, 0.4) is 0 Å². The molecule has 0 saturated carbocycles. The first-order valence-electron chi connectivity index (χ1n) is 17.3. The molecule has 0 aromatic carbocycles. The van der Waals surface area contributed by atoms with Crippen LogP contribution in [0, 0.1) is 0 Å². The first-order valence-corrected chi connectivity index (χ1v) is 18.0. The van der Waals surface area contributed by atoms with Crippen LogP contribution in [-0.2, 0) is 38.4 Å². The average Bonchev–Trinajstić information content (AvgIpc) is 3.08. The van der Waals surface area contributed by atoms with Crippen LogP contribution in [0.5, 0.6) is 0 Å². The Balaban J connectivity index is 5.69. The Morgan fingerprint density at radius 2 is 0.885 bits per heavy atom. The van der Waals surface area contributed by atoms with Crippen molar-refractivity contribution in [1.82, 2.24) is 31.9 Å². The monoisotopic (exact) mass is 761 g/mol. The van der Waals surface area contributed by atoms with E-state index in [1.807, 2.05) is 0 Å². The number of nitrogens with two attached hydrogens (primary N) is 5. The number of rotatable bonds is 28. The van der Waals surface area contributed by atoms with Crippen LogP contribution in [0.1, 0.15) is 78.1 Å². The molecule has 21 heteroatoms. The molecule has 0 aromatic heterocycles. The van der Waals surface area contributed by atoms with E-state index in [0.29, 0.717) is 51.6 Å². The molecule has 7 amide bonds. The number of carboxylic acids is 1. The molecular weight excluding hydrogens is 702 g/mol. The molecule has 0 aromatic rings. The number of carbonyl (C=O) groups is 8. The van der Waals surface area contributed by atoms with E-state index in [0.717, 1.165) is 0 Å². The number of carbonyl (C=O) groups excluding carboxylic acids is 7. The fourth-order valence-corrected chi connectivity index (χ4v) is 4.84. The fraction of sp³-hybridized carbons (Fsp3) is 0.742. The molecule has 0 fully saturated rings. The molecule has 0 aliphatic carbocycles. The Labute approximate surface area is 309 Å². The van der Waals surface area contributed by atoms with Crippen molar-refractivity contribution in [3.63, 3.8) is 0 Å². The number of hydrogen-bond donors (Lipinski definition) is 13. The third-order valence-corrected chi connectivity index (χ3v) is 8.19. The van der Waals surface area contributed by atoms with Crippen LogP contribution in [0.4, 0.5) is 0 Å². The quantitative estimate of drug-likeness (QED) is 0.0265. The zero-order valence-corrected chi connectivity index (χ0v) is 30.9. The van der Waals surface area contributed by atoms with Crippen molar-refractivity contribution in [1.29, 1.82) is 0 Å². The molecule has 298 valence electrons. The molecule has 0 bridgehead atoms. The molecule has 0 rings (SSSR count). The second-order valence-electron chi connectivity index (χ2n) is 12.4. The predicted molar refractivity (Wildman–Crippen MR) is 195 cm³/mol. The van der Waals surface area contributed by atoms with Gasteiger partial charge in [0, 0.05) is 5.75 Å². The zero-order chi connectivity index (χ0) is 39.8. The third-order valence-electron chi connectivity index (χ3n) is 7.80. The van der Waals surface area contributed by atoms with Crippen LogP contribution >= 0.6 is 12.6 Å². The van der Waals surface area contributed by atoms with Gasteiger partial charge in [0.25, 0.3) is 0 Å². The van der Waals surface area contributed by atoms with Crippen molar-refractivity contribution in [2.45, 2.75) is 120 Å². The molecule has 0 aliphatic rings. The van der Waals surface area contributed by atoms with Crippen LogP contribution in [0.2, 0.25) is 0 Å². The molecule has 0 heterocycles. The summed E-state index contributed by atoms with van der Waals surface area (Å²) in [7, 11) is 0. The van der Waals surface area contributed by atoms with Crippen LogP contribution in [0.15, 0.2) is 0 Å². The van der Waals surface area contributed by atoms with E-state index < -0.39 is 96.0 Å². The highest BCUT2D eigenvalue weighted by molar-refractivity contribution is 7.80. The Hall–Kier alpha value is -4.05. The topological polar surface area (TPSA) is 359 Å². The smallest absolute Gasteiger partial charge is 0.326 e. The van der Waals surface area contributed by atoms with Crippen molar-refractivity contribution in [2.75, 3.05) is 25.4 Å². The summed E-state index contributed by atoms with van der Waals surface area (Å²) in [5.74, 6) is -6.89. The van der Waals surface area contributed by atoms with E-state index in [-0.39, 0.29) is 31.6 Å². The highest BCUT2D eigenvalue weighted by Gasteiger charge is 2.32. The number of aliphatic carboxylic acids is 1. The van der Waals surface area contributed by atoms with Crippen molar-refractivity contribution in [2.24, 2.45) is 28.7 Å². The Morgan fingerprint density at radius 3 is 1.31 bits per heavy atom. The van der Waals surface area contributed by atoms with Gasteiger partial charge in [-0.05, 0) is 91.3 Å². The summed E-state index contributed by atoms with van der Waals surface area (Å²) in [4.78, 5) is 101. The van der Waals surface area contributed by atoms with Gasteiger partial charge in [0.1, 0.15) is 36.3 Å². The number of unbranched alkanes of at least 4 members (excludes halogenated alkanes) is 3. The lowest BCUT2D eigenvalue weighted by Gasteiger charge is -2.26. The van der Waals surface area contributed by atoms with Gasteiger partial charge in [0.15, 0.2) is 0 Å². The van der Waals surface area contributed by atoms with E-state index >= 15 is 0 Å². The molecule has 17 N–H and O–H groups in total. The number of primary amides is 1. The minimum Gasteiger partial charge on any atom is -0.480 e. The highest BCUT2D eigenvalue weighted by Crippen LogP contribution is 2.07. The largest absolute Gasteiger partial charge is 0.480 e. The molecule has 0 aliphatic heterocycles. The normalized spacial score (nSPS) is 15.0. The first-order chi connectivity index (χ1) is 24.5. The van der Waals surface area contributed by atoms with Gasteiger partial charge in [-0.25, -0.2) is 4.79 Å². The summed E-state index contributed by atoms with van der Waals surface area (Å²) in [5, 5.41) is 24.2. The van der Waals surface area contributed by atoms with E-state index in [4.69, 9.17) is 28.7 Å². The highest BCUT2D eigenvalue weighted by atomic mass is 32.1. The van der Waals surface area contributed by atoms with Crippen molar-refractivity contribution >= 4 is 59.9 Å². The Bertz CT molecular complexity index is 1200. The minimum atomic E-state index is -1.56. The third kappa shape index (κ3) is 19.5. The van der Waals surface area contributed by atoms with E-state index in [2.05, 4.69) is 44.5 Å². The van der Waals surface area contributed by atoms with Crippen LogP contribution < -0.4 is 60.6 Å². The van der Waals surface area contributed by atoms with Crippen LogP contribution in [0.25, 0.3) is 0 Å². The average molecular weight is 762 g/mol. The lowest BCUT2D eigenvalue weighted by atomic mass is 10.1. The van der Waals surface area contributed by atoms with Gasteiger partial charge in [-0.2, -0.15) is 12.6 Å². The zero-order valence-electron chi connectivity index (χ0n) is 30.0. The maximum atomic E-state index is 13.4. The molecule has 0 unspecified atom stereocenters. The SMILES string of the molecule is C[C@H](NC(=O)[C@H](C)NC(=O)[C@H](CCCCN)NC(=O)[C@@H](N)CS)C(=O)N[C@@H](CCCCN)C(=O)N[C@@H](CC(N)=O)C(=O)N[C@@H](CCCCN)C(=O)O. The van der Waals surface area contributed by atoms with Gasteiger partial charge in [-0.1, -0.05) is 0 Å². The van der Waals surface area contributed by atoms with Gasteiger partial charge in [0.2, 0.25) is 41.4 Å². The van der Waals surface area contributed by atoms with E-state index in [9.17, 15) is 43.5 Å². The number of amides is 7. The molecule has 0 spiro atoms. The Morgan fingerprint density at radius 1 is 0.538 bits per heavy atom. The molecule has 0 saturated heterocycles. The number of hydrogen-bond acceptors (Lipinski definition) is 13. The summed E-state index contributed by atoms with van der Waals surface area (Å²) in [5.41, 5.74) is 27.6. The number of carboxylic acid groups (broad SMARTS) is 1. The van der Waals surface area contributed by atoms with Gasteiger partial charge in [0.05, 0.1) is 12.5 Å². The number of nitrogens with one attached hydrogen (secondary N) is 6. The van der Waals surface area contributed by atoms with E-state index in [1.54, 1.807) is 0 Å². The molecule has 7 atom stereocenters. The first kappa shape index (κ1) is 48.0. The molecule has 0 radical (unpaired) electrons. The van der Waals surface area contributed by atoms with Gasteiger partial charge < -0.3 is 65.7 Å². The second-order valence-corrected chi connectivity index (χ2v) is 12.7. The predicted octanol–water partition coefficient (Wildman–Crippen LogP) is -4.46. The molecule has 52 heavy (non-hydrogen) atoms. The fourth-order valence-electron chi connectivity index (χ4n) is 4.67. The number of thiol groups is 1. The van der Waals surface area contributed by atoms with Crippen molar-refractivity contribution in [3.8, 4) is 0 Å². The van der Waals surface area contributed by atoms with Crippen molar-refractivity contribution in [3.05, 3.63) is 0 Å². The maximum absolute atomic E-state index is 13.4. The summed E-state index contributed by atoms with van der Waals surface area (Å²) < 4.78 is 0.